The van der Waals surface area contributed by atoms with Gasteiger partial charge in [0.05, 0.1) is 19.2 Å². The first-order valence-electron chi connectivity index (χ1n) is 5.51. The van der Waals surface area contributed by atoms with Crippen LogP contribution in [0.5, 0.6) is 5.75 Å². The van der Waals surface area contributed by atoms with Crippen molar-refractivity contribution in [2.45, 2.75) is 6.54 Å². The summed E-state index contributed by atoms with van der Waals surface area (Å²) >= 11 is 0. The fraction of sp³-hybridized carbons (Fsp3) is 0.231. The van der Waals surface area contributed by atoms with E-state index in [1.165, 1.54) is 16.2 Å². The number of para-hydroxylation sites is 1. The molecular formula is C13H14N2O3. The maximum atomic E-state index is 12.1. The van der Waals surface area contributed by atoms with Crippen molar-refractivity contribution in [3.63, 3.8) is 0 Å². The zero-order valence-electron chi connectivity index (χ0n) is 10.3. The Morgan fingerprint density at radius 3 is 2.61 bits per heavy atom. The summed E-state index contributed by atoms with van der Waals surface area (Å²) in [6.45, 7) is 0.0139. The fourth-order valence-corrected chi connectivity index (χ4v) is 1.75. The lowest BCUT2D eigenvalue weighted by atomic mass is 10.1. The topological polar surface area (TPSA) is 53.2 Å². The molecule has 1 aromatic carbocycles. The lowest BCUT2D eigenvalue weighted by Gasteiger charge is -2.07. The summed E-state index contributed by atoms with van der Waals surface area (Å²) < 4.78 is 7.92. The Kier molecular flexibility index (Phi) is 3.32. The van der Waals surface area contributed by atoms with E-state index in [1.54, 1.807) is 43.7 Å². The molecule has 2 aromatic rings. The van der Waals surface area contributed by atoms with Crippen molar-refractivity contribution >= 4 is 5.78 Å². The van der Waals surface area contributed by atoms with Gasteiger partial charge in [-0.25, -0.2) is 4.79 Å². The van der Waals surface area contributed by atoms with E-state index in [2.05, 4.69) is 0 Å². The summed E-state index contributed by atoms with van der Waals surface area (Å²) in [4.78, 5) is 23.7. The normalized spacial score (nSPS) is 10.3. The summed E-state index contributed by atoms with van der Waals surface area (Å²) in [5.41, 5.74) is 0.272. The number of aryl methyl sites for hydroxylation is 1. The maximum Gasteiger partial charge on any atom is 0.328 e. The predicted molar refractivity (Wildman–Crippen MR) is 67.0 cm³/mol. The molecule has 0 radical (unpaired) electrons. The third-order valence-electron chi connectivity index (χ3n) is 2.74. The Morgan fingerprint density at radius 2 is 2.00 bits per heavy atom. The summed E-state index contributed by atoms with van der Waals surface area (Å²) in [6.07, 6.45) is 3.22. The molecule has 0 aliphatic heterocycles. The highest BCUT2D eigenvalue weighted by atomic mass is 16.5. The summed E-state index contributed by atoms with van der Waals surface area (Å²) in [6, 6.07) is 6.98. The Labute approximate surface area is 104 Å². The number of benzene rings is 1. The molecule has 0 saturated heterocycles. The molecule has 2 rings (SSSR count). The number of Topliss-reactive ketones (excluding diaryl/α,β-unsaturated/α-hetero) is 1. The van der Waals surface area contributed by atoms with E-state index in [-0.39, 0.29) is 18.0 Å². The van der Waals surface area contributed by atoms with E-state index in [9.17, 15) is 9.59 Å². The smallest absolute Gasteiger partial charge is 0.328 e. The van der Waals surface area contributed by atoms with Crippen LogP contribution in [0.15, 0.2) is 41.5 Å². The van der Waals surface area contributed by atoms with Gasteiger partial charge in [-0.3, -0.25) is 9.36 Å². The average molecular weight is 246 g/mol. The minimum absolute atomic E-state index is 0.0139. The first kappa shape index (κ1) is 12.2. The molecule has 0 fully saturated rings. The number of aromatic nitrogens is 2. The molecule has 0 aliphatic rings. The van der Waals surface area contributed by atoms with Crippen LogP contribution in [0.25, 0.3) is 0 Å². The molecule has 0 bridgehead atoms. The monoisotopic (exact) mass is 246 g/mol. The van der Waals surface area contributed by atoms with Crippen molar-refractivity contribution in [3.8, 4) is 5.75 Å². The lowest BCUT2D eigenvalue weighted by molar-refractivity contribution is 0.0968. The number of ketones is 1. The molecule has 1 heterocycles. The molecule has 0 unspecified atom stereocenters. The molecule has 94 valence electrons. The van der Waals surface area contributed by atoms with E-state index in [0.29, 0.717) is 11.3 Å². The standard InChI is InChI=1S/C13H14N2O3/c1-14-7-8-15(13(14)17)9-11(16)10-5-3-4-6-12(10)18-2/h3-8H,9H2,1-2H3. The first-order chi connectivity index (χ1) is 8.63. The van der Waals surface area contributed by atoms with Crippen molar-refractivity contribution in [1.82, 2.24) is 9.13 Å². The lowest BCUT2D eigenvalue weighted by Crippen LogP contribution is -2.25. The van der Waals surface area contributed by atoms with Crippen LogP contribution in [-0.4, -0.2) is 22.0 Å². The number of nitrogens with zero attached hydrogens (tertiary/aromatic N) is 2. The number of ether oxygens (including phenoxy) is 1. The van der Waals surface area contributed by atoms with Crippen molar-refractivity contribution in [3.05, 3.63) is 52.7 Å². The number of methoxy groups -OCH3 is 1. The van der Waals surface area contributed by atoms with E-state index in [1.807, 2.05) is 0 Å². The Hall–Kier alpha value is -2.30. The van der Waals surface area contributed by atoms with E-state index < -0.39 is 0 Å². The number of rotatable bonds is 4. The Morgan fingerprint density at radius 1 is 1.28 bits per heavy atom. The van der Waals surface area contributed by atoms with Crippen molar-refractivity contribution in [2.75, 3.05) is 7.11 Å². The van der Waals surface area contributed by atoms with Crippen LogP contribution in [-0.2, 0) is 13.6 Å². The number of hydrogen-bond acceptors (Lipinski definition) is 3. The number of carbonyl (C=O) groups is 1. The van der Waals surface area contributed by atoms with Crippen molar-refractivity contribution in [1.29, 1.82) is 0 Å². The minimum atomic E-state index is -0.210. The van der Waals surface area contributed by atoms with Crippen molar-refractivity contribution < 1.29 is 9.53 Å². The summed E-state index contributed by atoms with van der Waals surface area (Å²) in [5, 5.41) is 0. The predicted octanol–water partition coefficient (Wildman–Crippen LogP) is 1.08. The van der Waals surface area contributed by atoms with Crippen LogP contribution >= 0.6 is 0 Å². The highest BCUT2D eigenvalue weighted by molar-refractivity contribution is 5.98. The molecule has 0 atom stereocenters. The van der Waals surface area contributed by atoms with Gasteiger partial charge in [-0.1, -0.05) is 12.1 Å². The van der Waals surface area contributed by atoms with Crippen LogP contribution in [0.1, 0.15) is 10.4 Å². The largest absolute Gasteiger partial charge is 0.496 e. The van der Waals surface area contributed by atoms with Gasteiger partial charge in [-0.15, -0.1) is 0 Å². The van der Waals surface area contributed by atoms with Gasteiger partial charge < -0.3 is 9.30 Å². The molecule has 0 amide bonds. The van der Waals surface area contributed by atoms with Crippen LogP contribution < -0.4 is 10.4 Å². The van der Waals surface area contributed by atoms with Crippen LogP contribution in [0.4, 0.5) is 0 Å². The molecular weight excluding hydrogens is 232 g/mol. The van der Waals surface area contributed by atoms with Gasteiger partial charge in [0.15, 0.2) is 5.78 Å². The van der Waals surface area contributed by atoms with Gasteiger partial charge >= 0.3 is 5.69 Å². The molecule has 5 nitrogen and oxygen atoms in total. The van der Waals surface area contributed by atoms with E-state index in [0.717, 1.165) is 0 Å². The van der Waals surface area contributed by atoms with Crippen LogP contribution in [0.2, 0.25) is 0 Å². The summed E-state index contributed by atoms with van der Waals surface area (Å²) in [5.74, 6) is 0.368. The van der Waals surface area contributed by atoms with Crippen molar-refractivity contribution in [2.24, 2.45) is 7.05 Å². The molecule has 1 aromatic heterocycles. The zero-order chi connectivity index (χ0) is 13.1. The van der Waals surface area contributed by atoms with Gasteiger partial charge in [-0.2, -0.15) is 0 Å². The van der Waals surface area contributed by atoms with E-state index >= 15 is 0 Å². The molecule has 18 heavy (non-hydrogen) atoms. The van der Waals surface area contributed by atoms with Gasteiger partial charge in [0, 0.05) is 19.4 Å². The SMILES string of the molecule is COc1ccccc1C(=O)Cn1ccn(C)c1=O. The second-order valence-corrected chi connectivity index (χ2v) is 3.94. The number of carbonyl (C=O) groups excluding carboxylic acids is 1. The van der Waals surface area contributed by atoms with Crippen LogP contribution in [0.3, 0.4) is 0 Å². The second kappa shape index (κ2) is 4.91. The second-order valence-electron chi connectivity index (χ2n) is 3.94. The average Bonchev–Trinajstić information content (AvgIpc) is 2.70. The van der Waals surface area contributed by atoms with E-state index in [4.69, 9.17) is 4.74 Å². The van der Waals surface area contributed by atoms with Gasteiger partial charge in [0.25, 0.3) is 0 Å². The third-order valence-corrected chi connectivity index (χ3v) is 2.74. The van der Waals surface area contributed by atoms with Crippen LogP contribution in [0, 0.1) is 0 Å². The quantitative estimate of drug-likeness (QED) is 0.758. The maximum absolute atomic E-state index is 12.1. The number of imidazole rings is 1. The highest BCUT2D eigenvalue weighted by Crippen LogP contribution is 2.18. The molecule has 0 spiro atoms. The fourth-order valence-electron chi connectivity index (χ4n) is 1.75. The van der Waals surface area contributed by atoms with Gasteiger partial charge in [0.1, 0.15) is 5.75 Å². The molecule has 0 aliphatic carbocycles. The first-order valence-corrected chi connectivity index (χ1v) is 5.51. The van der Waals surface area contributed by atoms with Gasteiger partial charge in [0.2, 0.25) is 0 Å². The molecule has 0 saturated carbocycles. The zero-order valence-corrected chi connectivity index (χ0v) is 10.3. The Balaban J connectivity index is 2.27. The highest BCUT2D eigenvalue weighted by Gasteiger charge is 2.13. The minimum Gasteiger partial charge on any atom is -0.496 e. The third kappa shape index (κ3) is 2.20. The molecule has 5 heteroatoms. The Bertz CT molecular complexity index is 625. The molecule has 0 N–H and O–H groups in total. The summed E-state index contributed by atoms with van der Waals surface area (Å²) in [7, 11) is 3.16. The van der Waals surface area contributed by atoms with Gasteiger partial charge in [-0.05, 0) is 12.1 Å². The number of hydrogen-bond donors (Lipinski definition) is 0.